The van der Waals surface area contributed by atoms with Gasteiger partial charge in [0.2, 0.25) is 15.9 Å². The average molecular weight is 408 g/mol. The van der Waals surface area contributed by atoms with Crippen LogP contribution < -0.4 is 4.72 Å². The number of carbonyl (C=O) groups is 2. The third-order valence-corrected chi connectivity index (χ3v) is 6.09. The summed E-state index contributed by atoms with van der Waals surface area (Å²) in [4.78, 5) is 29.3. The van der Waals surface area contributed by atoms with E-state index < -0.39 is 10.0 Å². The zero-order valence-electron chi connectivity index (χ0n) is 16.4. The molecular formula is C20H29N3O4S. The summed E-state index contributed by atoms with van der Waals surface area (Å²) < 4.78 is 25.0. The topological polar surface area (TPSA) is 86.8 Å². The van der Waals surface area contributed by atoms with Gasteiger partial charge in [0, 0.05) is 43.3 Å². The van der Waals surface area contributed by atoms with Crippen molar-refractivity contribution in [2.75, 3.05) is 37.2 Å². The largest absolute Gasteiger partial charge is 0.341 e. The Hall–Kier alpha value is -2.09. The molecule has 0 spiro atoms. The van der Waals surface area contributed by atoms with Crippen LogP contribution in [0, 0.1) is 5.92 Å². The van der Waals surface area contributed by atoms with Crippen molar-refractivity contribution in [3.8, 4) is 0 Å². The van der Waals surface area contributed by atoms with E-state index in [2.05, 4.69) is 4.72 Å². The van der Waals surface area contributed by atoms with Crippen LogP contribution in [0.25, 0.3) is 0 Å². The van der Waals surface area contributed by atoms with Gasteiger partial charge in [0.05, 0.1) is 6.26 Å². The molecule has 1 heterocycles. The van der Waals surface area contributed by atoms with Crippen LogP contribution >= 0.6 is 0 Å². The number of benzene rings is 1. The molecule has 8 heteroatoms. The normalized spacial score (nSPS) is 19.2. The molecule has 1 aromatic carbocycles. The number of sulfonamides is 1. The molecule has 1 saturated heterocycles. The maximum atomic E-state index is 12.8. The molecule has 1 N–H and O–H groups in total. The predicted octanol–water partition coefficient (Wildman–Crippen LogP) is 2.31. The summed E-state index contributed by atoms with van der Waals surface area (Å²) in [6.45, 7) is 2.43. The van der Waals surface area contributed by atoms with Crippen LogP contribution in [0.4, 0.5) is 5.69 Å². The van der Waals surface area contributed by atoms with Gasteiger partial charge in [-0.15, -0.1) is 0 Å². The van der Waals surface area contributed by atoms with Crippen molar-refractivity contribution in [1.29, 1.82) is 0 Å². The van der Waals surface area contributed by atoms with Gasteiger partial charge >= 0.3 is 0 Å². The van der Waals surface area contributed by atoms with Gasteiger partial charge in [-0.2, -0.15) is 0 Å². The van der Waals surface area contributed by atoms with Crippen LogP contribution in [-0.4, -0.2) is 62.5 Å². The summed E-state index contributed by atoms with van der Waals surface area (Å²) in [7, 11) is -3.34. The van der Waals surface area contributed by atoms with E-state index in [1.165, 1.54) is 6.42 Å². The van der Waals surface area contributed by atoms with Crippen LogP contribution in [0.3, 0.4) is 0 Å². The predicted molar refractivity (Wildman–Crippen MR) is 109 cm³/mol. The number of hydrogen-bond acceptors (Lipinski definition) is 4. The van der Waals surface area contributed by atoms with Gasteiger partial charge < -0.3 is 9.80 Å². The number of nitrogens with one attached hydrogen (secondary N) is 1. The molecule has 0 aromatic heterocycles. The second kappa shape index (κ2) is 8.94. The van der Waals surface area contributed by atoms with Crippen molar-refractivity contribution in [2.45, 2.75) is 38.5 Å². The van der Waals surface area contributed by atoms with Crippen LogP contribution in [0.15, 0.2) is 24.3 Å². The first kappa shape index (κ1) is 20.6. The lowest BCUT2D eigenvalue weighted by molar-refractivity contribution is -0.136. The number of anilines is 1. The van der Waals surface area contributed by atoms with Crippen molar-refractivity contribution in [3.05, 3.63) is 29.8 Å². The Kier molecular flexibility index (Phi) is 6.59. The maximum Gasteiger partial charge on any atom is 0.253 e. The second-order valence-electron chi connectivity index (χ2n) is 7.76. The molecule has 1 aliphatic heterocycles. The molecular weight excluding hydrogens is 378 g/mol. The molecule has 1 aromatic rings. The minimum atomic E-state index is -3.34. The Morgan fingerprint density at radius 1 is 0.893 bits per heavy atom. The molecule has 0 bridgehead atoms. The van der Waals surface area contributed by atoms with E-state index in [0.717, 1.165) is 38.4 Å². The summed E-state index contributed by atoms with van der Waals surface area (Å²) in [5.74, 6) is 0.328. The maximum absolute atomic E-state index is 12.8. The van der Waals surface area contributed by atoms with E-state index in [9.17, 15) is 18.0 Å². The first-order valence-corrected chi connectivity index (χ1v) is 11.9. The quantitative estimate of drug-likeness (QED) is 0.830. The molecule has 2 amide bonds. The molecule has 7 nitrogen and oxygen atoms in total. The van der Waals surface area contributed by atoms with Crippen LogP contribution in [-0.2, 0) is 14.8 Å². The van der Waals surface area contributed by atoms with E-state index in [1.54, 1.807) is 29.2 Å². The summed E-state index contributed by atoms with van der Waals surface area (Å²) >= 11 is 0. The highest BCUT2D eigenvalue weighted by Gasteiger charge is 2.28. The minimum absolute atomic E-state index is 0.0853. The van der Waals surface area contributed by atoms with Gasteiger partial charge in [-0.3, -0.25) is 14.3 Å². The van der Waals surface area contributed by atoms with Crippen molar-refractivity contribution in [3.63, 3.8) is 0 Å². The molecule has 1 aliphatic carbocycles. The monoisotopic (exact) mass is 407 g/mol. The summed E-state index contributed by atoms with van der Waals surface area (Å²) in [6, 6.07) is 6.44. The molecule has 0 atom stereocenters. The van der Waals surface area contributed by atoms with Crippen LogP contribution in [0.2, 0.25) is 0 Å². The lowest BCUT2D eigenvalue weighted by Gasteiger charge is -2.28. The highest BCUT2D eigenvalue weighted by atomic mass is 32.2. The number of amides is 2. The fourth-order valence-electron chi connectivity index (χ4n) is 4.03. The fourth-order valence-corrected chi connectivity index (χ4v) is 4.59. The molecule has 0 radical (unpaired) electrons. The number of rotatable bonds is 4. The van der Waals surface area contributed by atoms with Crippen molar-refractivity contribution < 1.29 is 18.0 Å². The summed E-state index contributed by atoms with van der Waals surface area (Å²) in [6.07, 6.45) is 7.35. The molecule has 28 heavy (non-hydrogen) atoms. The van der Waals surface area contributed by atoms with Gasteiger partial charge in [0.15, 0.2) is 0 Å². The first-order chi connectivity index (χ1) is 13.3. The highest BCUT2D eigenvalue weighted by molar-refractivity contribution is 7.92. The SMILES string of the molecule is CS(=O)(=O)Nc1ccc(C(=O)N2CCCN(C(=O)C3CCCCC3)CC2)cc1. The average Bonchev–Trinajstić information content (AvgIpc) is 2.93. The Balaban J connectivity index is 1.58. The highest BCUT2D eigenvalue weighted by Crippen LogP contribution is 2.26. The first-order valence-electron chi connectivity index (χ1n) is 9.99. The molecule has 2 fully saturated rings. The van der Waals surface area contributed by atoms with Gasteiger partial charge in [0.1, 0.15) is 0 Å². The Morgan fingerprint density at radius 2 is 1.50 bits per heavy atom. The van der Waals surface area contributed by atoms with Crippen LogP contribution in [0.1, 0.15) is 48.9 Å². The third kappa shape index (κ3) is 5.47. The Morgan fingerprint density at radius 3 is 2.14 bits per heavy atom. The van der Waals surface area contributed by atoms with Crippen molar-refractivity contribution >= 4 is 27.5 Å². The lowest BCUT2D eigenvalue weighted by atomic mass is 9.88. The zero-order chi connectivity index (χ0) is 20.1. The van der Waals surface area contributed by atoms with E-state index in [0.29, 0.717) is 37.4 Å². The van der Waals surface area contributed by atoms with Gasteiger partial charge in [-0.1, -0.05) is 19.3 Å². The molecule has 154 valence electrons. The summed E-state index contributed by atoms with van der Waals surface area (Å²) in [5.41, 5.74) is 0.949. The molecule has 3 rings (SSSR count). The zero-order valence-corrected chi connectivity index (χ0v) is 17.2. The van der Waals surface area contributed by atoms with Crippen molar-refractivity contribution in [1.82, 2.24) is 9.80 Å². The van der Waals surface area contributed by atoms with E-state index in [1.807, 2.05) is 4.90 Å². The lowest BCUT2D eigenvalue weighted by Crippen LogP contribution is -2.40. The van der Waals surface area contributed by atoms with Crippen molar-refractivity contribution in [2.24, 2.45) is 5.92 Å². The standard InChI is InChI=1S/C20H29N3O4S/c1-28(26,27)21-18-10-8-17(9-11-18)20(25)23-13-5-12-22(14-15-23)19(24)16-6-3-2-4-7-16/h8-11,16,21H,2-7,12-15H2,1H3. The molecule has 2 aliphatic rings. The molecule has 0 unspecified atom stereocenters. The summed E-state index contributed by atoms with van der Waals surface area (Å²) in [5, 5.41) is 0. The van der Waals surface area contributed by atoms with E-state index >= 15 is 0 Å². The van der Waals surface area contributed by atoms with Crippen LogP contribution in [0.5, 0.6) is 0 Å². The Labute approximate surface area is 167 Å². The minimum Gasteiger partial charge on any atom is -0.341 e. The third-order valence-electron chi connectivity index (χ3n) is 5.48. The number of hydrogen-bond donors (Lipinski definition) is 1. The van der Waals surface area contributed by atoms with E-state index in [-0.39, 0.29) is 17.7 Å². The van der Waals surface area contributed by atoms with Gasteiger partial charge in [-0.25, -0.2) is 8.42 Å². The smallest absolute Gasteiger partial charge is 0.253 e. The molecule has 1 saturated carbocycles. The van der Waals surface area contributed by atoms with Gasteiger partial charge in [0.25, 0.3) is 5.91 Å². The number of carbonyl (C=O) groups excluding carboxylic acids is 2. The van der Waals surface area contributed by atoms with Gasteiger partial charge in [-0.05, 0) is 43.5 Å². The van der Waals surface area contributed by atoms with E-state index in [4.69, 9.17) is 0 Å². The second-order valence-corrected chi connectivity index (χ2v) is 9.51. The Bertz CT molecular complexity index is 801. The fraction of sp³-hybridized carbons (Fsp3) is 0.600. The number of nitrogens with zero attached hydrogens (tertiary/aromatic N) is 2.